The Kier molecular flexibility index (Phi) is 5.78. The van der Waals surface area contributed by atoms with Gasteiger partial charge in [-0.25, -0.2) is 0 Å². The molecule has 0 bridgehead atoms. The predicted molar refractivity (Wildman–Crippen MR) is 138 cm³/mol. The van der Waals surface area contributed by atoms with E-state index in [1.54, 1.807) is 0 Å². The van der Waals surface area contributed by atoms with Crippen LogP contribution in [0.1, 0.15) is 11.1 Å². The van der Waals surface area contributed by atoms with Gasteiger partial charge in [-0.2, -0.15) is 0 Å². The lowest BCUT2D eigenvalue weighted by molar-refractivity contribution is -0.0935. The molecule has 0 spiro atoms. The highest BCUT2D eigenvalue weighted by Crippen LogP contribution is 2.61. The molecule has 33 heavy (non-hydrogen) atoms. The second-order valence-electron chi connectivity index (χ2n) is 7.67. The van der Waals surface area contributed by atoms with Gasteiger partial charge in [0.05, 0.1) is 0 Å². The molecule has 0 amide bonds. The number of fused-ring (bicyclic) bond motifs is 2. The van der Waals surface area contributed by atoms with E-state index in [-0.39, 0.29) is 0 Å². The van der Waals surface area contributed by atoms with E-state index in [0.717, 1.165) is 21.5 Å². The number of azo groups is 1. The first-order chi connectivity index (χ1) is 15.6. The maximum atomic E-state index is 6.47. The summed E-state index contributed by atoms with van der Waals surface area (Å²) in [4.78, 5) is 0. The van der Waals surface area contributed by atoms with Crippen molar-refractivity contribution in [3.63, 3.8) is 0 Å². The van der Waals surface area contributed by atoms with Gasteiger partial charge in [0.1, 0.15) is 0 Å². The molecule has 1 atom stereocenters. The fourth-order valence-electron chi connectivity index (χ4n) is 4.09. The molecule has 4 aromatic carbocycles. The topological polar surface area (TPSA) is 34.0 Å². The third-order valence-electron chi connectivity index (χ3n) is 5.69. The van der Waals surface area contributed by atoms with Crippen LogP contribution in [0.15, 0.2) is 95.2 Å². The van der Waals surface area contributed by atoms with E-state index >= 15 is 0 Å². The Morgan fingerprint density at radius 2 is 1.21 bits per heavy atom. The molecule has 0 saturated heterocycles. The summed E-state index contributed by atoms with van der Waals surface area (Å²) in [6, 6.07) is 27.2. The zero-order chi connectivity index (χ0) is 23.5. The lowest BCUT2D eigenvalue weighted by Crippen LogP contribution is -2.54. The molecule has 5 rings (SSSR count). The summed E-state index contributed by atoms with van der Waals surface area (Å²) < 4.78 is 1.98. The first-order valence-electron chi connectivity index (χ1n) is 9.83. The van der Waals surface area contributed by atoms with Crippen molar-refractivity contribution < 1.29 is 4.74 Å². The quantitative estimate of drug-likeness (QED) is 0.226. The van der Waals surface area contributed by atoms with Gasteiger partial charge >= 0.3 is 0 Å². The maximum absolute atomic E-state index is 6.47. The van der Waals surface area contributed by atoms with Gasteiger partial charge in [-0.15, -0.1) is 10.2 Å². The molecule has 1 aliphatic heterocycles. The molecule has 0 N–H and O–H groups in total. The standard InChI is InChI=1S/C24H14Cl6N2O/c25-23(26,27)22(24(28,29)30)32-31-21(33-22,18-13-12-15-6-1-2-8-17(15)14-18)20-11-5-9-16-7-3-4-10-19(16)20/h1-14H. The van der Waals surface area contributed by atoms with Gasteiger partial charge in [-0.1, -0.05) is 148 Å². The van der Waals surface area contributed by atoms with Crippen molar-refractivity contribution in [2.75, 3.05) is 0 Å². The van der Waals surface area contributed by atoms with Crippen molar-refractivity contribution in [1.82, 2.24) is 0 Å². The van der Waals surface area contributed by atoms with Crippen LogP contribution < -0.4 is 0 Å². The van der Waals surface area contributed by atoms with Crippen LogP contribution in [-0.4, -0.2) is 13.3 Å². The third-order valence-corrected chi connectivity index (χ3v) is 7.23. The molecule has 0 fully saturated rings. The molecule has 1 heterocycles. The summed E-state index contributed by atoms with van der Waals surface area (Å²) in [6.07, 6.45) is 0. The predicted octanol–water partition coefficient (Wildman–Crippen LogP) is 9.11. The summed E-state index contributed by atoms with van der Waals surface area (Å²) in [5.74, 6) is 0. The first-order valence-corrected chi connectivity index (χ1v) is 12.1. The summed E-state index contributed by atoms with van der Waals surface area (Å²) >= 11 is 37.8. The van der Waals surface area contributed by atoms with Gasteiger partial charge < -0.3 is 4.74 Å². The van der Waals surface area contributed by atoms with Crippen molar-refractivity contribution in [3.8, 4) is 0 Å². The van der Waals surface area contributed by atoms with Crippen molar-refractivity contribution in [1.29, 1.82) is 0 Å². The molecule has 0 saturated carbocycles. The number of hydrogen-bond acceptors (Lipinski definition) is 3. The minimum atomic E-state index is -2.25. The Hall–Kier alpha value is -1.30. The lowest BCUT2D eigenvalue weighted by atomic mass is 9.89. The van der Waals surface area contributed by atoms with Crippen LogP contribution in [0, 0.1) is 0 Å². The fraction of sp³-hybridized carbons (Fsp3) is 0.167. The van der Waals surface area contributed by atoms with Gasteiger partial charge in [0.25, 0.3) is 5.72 Å². The van der Waals surface area contributed by atoms with Crippen LogP contribution in [0.25, 0.3) is 21.5 Å². The second-order valence-corrected chi connectivity index (χ2v) is 12.2. The number of benzene rings is 4. The lowest BCUT2D eigenvalue weighted by Gasteiger charge is -2.40. The number of halogens is 6. The van der Waals surface area contributed by atoms with Gasteiger partial charge in [0.2, 0.25) is 13.3 Å². The third kappa shape index (κ3) is 3.70. The monoisotopic (exact) mass is 556 g/mol. The molecule has 168 valence electrons. The average Bonchev–Trinajstić information content (AvgIpc) is 3.22. The van der Waals surface area contributed by atoms with Crippen LogP contribution >= 0.6 is 69.6 Å². The summed E-state index contributed by atoms with van der Waals surface area (Å²) in [7, 11) is 0. The zero-order valence-corrected chi connectivity index (χ0v) is 21.2. The molecule has 0 aliphatic carbocycles. The Balaban J connectivity index is 1.83. The van der Waals surface area contributed by atoms with E-state index in [9.17, 15) is 0 Å². The van der Waals surface area contributed by atoms with Crippen LogP contribution in [0.5, 0.6) is 0 Å². The first kappa shape index (κ1) is 23.4. The van der Waals surface area contributed by atoms with E-state index < -0.39 is 19.0 Å². The van der Waals surface area contributed by atoms with Gasteiger partial charge in [0, 0.05) is 11.1 Å². The van der Waals surface area contributed by atoms with Gasteiger partial charge in [-0.05, 0) is 27.6 Å². The van der Waals surface area contributed by atoms with E-state index in [1.165, 1.54) is 0 Å². The minimum Gasteiger partial charge on any atom is -0.306 e. The highest BCUT2D eigenvalue weighted by molar-refractivity contribution is 6.73. The zero-order valence-electron chi connectivity index (χ0n) is 16.7. The number of ether oxygens (including phenoxy) is 1. The van der Waals surface area contributed by atoms with Gasteiger partial charge in [0.15, 0.2) is 0 Å². The Labute approximate surface area is 220 Å². The molecule has 0 radical (unpaired) electrons. The van der Waals surface area contributed by atoms with Crippen molar-refractivity contribution >= 4 is 91.2 Å². The fourth-order valence-corrected chi connectivity index (χ4v) is 5.83. The van der Waals surface area contributed by atoms with E-state index in [4.69, 9.17) is 74.3 Å². The largest absolute Gasteiger partial charge is 0.306 e. The molecule has 4 aromatic rings. The van der Waals surface area contributed by atoms with Crippen LogP contribution in [-0.2, 0) is 10.5 Å². The van der Waals surface area contributed by atoms with Crippen LogP contribution in [0.3, 0.4) is 0 Å². The maximum Gasteiger partial charge on any atom is 0.276 e. The number of rotatable bonds is 2. The second kappa shape index (κ2) is 8.13. The summed E-state index contributed by atoms with van der Waals surface area (Å²) in [5, 5.41) is 12.6. The van der Waals surface area contributed by atoms with Crippen LogP contribution in [0.2, 0.25) is 0 Å². The van der Waals surface area contributed by atoms with E-state index in [0.29, 0.717) is 11.1 Å². The SMILES string of the molecule is ClC(Cl)(Cl)C1(C(Cl)(Cl)Cl)N=NC(c2ccc3ccccc3c2)(c2cccc3ccccc23)O1. The van der Waals surface area contributed by atoms with Gasteiger partial charge in [-0.3, -0.25) is 0 Å². The smallest absolute Gasteiger partial charge is 0.276 e. The molecule has 1 aliphatic rings. The molecule has 9 heteroatoms. The Bertz CT molecular complexity index is 1380. The molecule has 1 unspecified atom stereocenters. The minimum absolute atomic E-state index is 0.645. The summed E-state index contributed by atoms with van der Waals surface area (Å²) in [6.45, 7) is 0. The Morgan fingerprint density at radius 3 is 1.88 bits per heavy atom. The molecule has 0 aromatic heterocycles. The van der Waals surface area contributed by atoms with E-state index in [2.05, 4.69) is 10.2 Å². The number of alkyl halides is 6. The van der Waals surface area contributed by atoms with E-state index in [1.807, 2.05) is 84.9 Å². The summed E-state index contributed by atoms with van der Waals surface area (Å²) in [5.41, 5.74) is -2.44. The molecular formula is C24H14Cl6N2O. The van der Waals surface area contributed by atoms with Crippen molar-refractivity contribution in [2.45, 2.75) is 19.0 Å². The normalized spacial score (nSPS) is 20.5. The van der Waals surface area contributed by atoms with Crippen molar-refractivity contribution in [3.05, 3.63) is 96.1 Å². The number of nitrogens with zero attached hydrogens (tertiary/aromatic N) is 2. The highest BCUT2D eigenvalue weighted by atomic mass is 35.6. The van der Waals surface area contributed by atoms with Crippen LogP contribution in [0.4, 0.5) is 0 Å². The molecule has 3 nitrogen and oxygen atoms in total. The molecular weight excluding hydrogens is 545 g/mol. The average molecular weight is 559 g/mol. The Morgan fingerprint density at radius 1 is 0.606 bits per heavy atom. The number of hydrogen-bond donors (Lipinski definition) is 0. The van der Waals surface area contributed by atoms with Crippen molar-refractivity contribution in [2.24, 2.45) is 10.2 Å². The highest BCUT2D eigenvalue weighted by Gasteiger charge is 2.70.